The topological polar surface area (TPSA) is 80.5 Å². The van der Waals surface area contributed by atoms with Crippen molar-refractivity contribution in [1.82, 2.24) is 4.98 Å². The molecule has 116 valence electrons. The van der Waals surface area contributed by atoms with E-state index in [9.17, 15) is 4.79 Å². The Labute approximate surface area is 125 Å². The number of pyridine rings is 1. The maximum absolute atomic E-state index is 12.0. The average molecular weight is 292 g/mol. The van der Waals surface area contributed by atoms with Crippen molar-refractivity contribution in [2.24, 2.45) is 11.7 Å². The molecule has 0 aromatic carbocycles. The molecule has 1 aliphatic rings. The molecule has 0 saturated carbocycles. The highest BCUT2D eigenvalue weighted by Crippen LogP contribution is 2.16. The van der Waals surface area contributed by atoms with Crippen LogP contribution < -0.4 is 16.0 Å². The minimum atomic E-state index is -0.492. The van der Waals surface area contributed by atoms with Crippen LogP contribution >= 0.6 is 0 Å². The summed E-state index contributed by atoms with van der Waals surface area (Å²) < 4.78 is 5.32. The summed E-state index contributed by atoms with van der Waals surface area (Å²) >= 11 is 0. The van der Waals surface area contributed by atoms with Crippen molar-refractivity contribution in [2.75, 3.05) is 36.5 Å². The van der Waals surface area contributed by atoms with Crippen LogP contribution in [0.1, 0.15) is 20.3 Å². The second kappa shape index (κ2) is 7.38. The minimum absolute atomic E-state index is 0.158. The Balaban J connectivity index is 1.94. The van der Waals surface area contributed by atoms with Gasteiger partial charge in [-0.1, -0.05) is 20.3 Å². The van der Waals surface area contributed by atoms with Crippen LogP contribution in [0, 0.1) is 5.92 Å². The van der Waals surface area contributed by atoms with E-state index in [2.05, 4.69) is 15.2 Å². The van der Waals surface area contributed by atoms with Gasteiger partial charge in [0.15, 0.2) is 0 Å². The summed E-state index contributed by atoms with van der Waals surface area (Å²) in [5.74, 6) is 0.901. The smallest absolute Gasteiger partial charge is 0.241 e. The minimum Gasteiger partial charge on any atom is -0.378 e. The zero-order chi connectivity index (χ0) is 15.2. The van der Waals surface area contributed by atoms with Crippen molar-refractivity contribution in [3.63, 3.8) is 0 Å². The first-order valence-electron chi connectivity index (χ1n) is 7.47. The third-order valence-electron chi connectivity index (χ3n) is 3.91. The van der Waals surface area contributed by atoms with Crippen LogP contribution in [0.5, 0.6) is 0 Å². The maximum Gasteiger partial charge on any atom is 0.241 e. The van der Waals surface area contributed by atoms with E-state index in [1.54, 1.807) is 6.20 Å². The van der Waals surface area contributed by atoms with Crippen LogP contribution in [0.15, 0.2) is 18.3 Å². The van der Waals surface area contributed by atoms with Gasteiger partial charge in [-0.3, -0.25) is 4.79 Å². The van der Waals surface area contributed by atoms with Gasteiger partial charge in [-0.2, -0.15) is 0 Å². The fraction of sp³-hybridized carbons (Fsp3) is 0.600. The standard InChI is InChI=1S/C15H24N4O2/c1-3-11(2)14(16)15(20)18-12-4-5-13(17-10-12)19-6-8-21-9-7-19/h4-5,10-11,14H,3,6-9,16H2,1-2H3,(H,18,20). The first kappa shape index (κ1) is 15.7. The van der Waals surface area contributed by atoms with Crippen molar-refractivity contribution in [1.29, 1.82) is 0 Å². The molecule has 2 rings (SSSR count). The van der Waals surface area contributed by atoms with Crippen LogP contribution in [0.2, 0.25) is 0 Å². The number of hydrogen-bond donors (Lipinski definition) is 2. The number of carbonyl (C=O) groups excluding carboxylic acids is 1. The predicted octanol–water partition coefficient (Wildman–Crippen LogP) is 1.23. The number of hydrogen-bond acceptors (Lipinski definition) is 5. The van der Waals surface area contributed by atoms with Crippen LogP contribution in [-0.2, 0) is 9.53 Å². The fourth-order valence-electron chi connectivity index (χ4n) is 2.18. The molecular weight excluding hydrogens is 268 g/mol. The molecule has 2 unspecified atom stereocenters. The number of rotatable bonds is 5. The highest BCUT2D eigenvalue weighted by atomic mass is 16.5. The van der Waals surface area contributed by atoms with Gasteiger partial charge in [0, 0.05) is 13.1 Å². The summed E-state index contributed by atoms with van der Waals surface area (Å²) in [6.45, 7) is 7.14. The van der Waals surface area contributed by atoms with E-state index in [1.165, 1.54) is 0 Å². The number of morpholine rings is 1. The second-order valence-corrected chi connectivity index (χ2v) is 5.41. The third-order valence-corrected chi connectivity index (χ3v) is 3.91. The molecular formula is C15H24N4O2. The average Bonchev–Trinajstić information content (AvgIpc) is 2.54. The third kappa shape index (κ3) is 4.15. The number of nitrogens with one attached hydrogen (secondary N) is 1. The normalized spacial score (nSPS) is 18.1. The van der Waals surface area contributed by atoms with Gasteiger partial charge < -0.3 is 20.7 Å². The quantitative estimate of drug-likeness (QED) is 0.853. The van der Waals surface area contributed by atoms with E-state index in [0.717, 1.165) is 38.5 Å². The molecule has 6 heteroatoms. The van der Waals surface area contributed by atoms with Crippen LogP contribution in [-0.4, -0.2) is 43.2 Å². The van der Waals surface area contributed by atoms with Crippen molar-refractivity contribution >= 4 is 17.4 Å². The first-order valence-corrected chi connectivity index (χ1v) is 7.47. The van der Waals surface area contributed by atoms with E-state index < -0.39 is 6.04 Å². The van der Waals surface area contributed by atoms with Gasteiger partial charge in [0.25, 0.3) is 0 Å². The molecule has 0 radical (unpaired) electrons. The molecule has 0 aliphatic carbocycles. The predicted molar refractivity (Wildman–Crippen MR) is 83.3 cm³/mol. The Morgan fingerprint density at radius 1 is 1.48 bits per heavy atom. The summed E-state index contributed by atoms with van der Waals surface area (Å²) in [6.07, 6.45) is 2.55. The van der Waals surface area contributed by atoms with Crippen molar-refractivity contribution in [3.05, 3.63) is 18.3 Å². The number of amides is 1. The van der Waals surface area contributed by atoms with E-state index in [4.69, 9.17) is 10.5 Å². The fourth-order valence-corrected chi connectivity index (χ4v) is 2.18. The Hall–Kier alpha value is -1.66. The van der Waals surface area contributed by atoms with Gasteiger partial charge >= 0.3 is 0 Å². The van der Waals surface area contributed by atoms with Crippen LogP contribution in [0.25, 0.3) is 0 Å². The summed E-state index contributed by atoms with van der Waals surface area (Å²) in [6, 6.07) is 3.28. The Bertz CT molecular complexity index is 457. The van der Waals surface area contributed by atoms with E-state index in [0.29, 0.717) is 5.69 Å². The molecule has 1 aromatic rings. The van der Waals surface area contributed by atoms with Gasteiger partial charge in [-0.15, -0.1) is 0 Å². The van der Waals surface area contributed by atoms with Gasteiger partial charge in [0.05, 0.1) is 31.1 Å². The monoisotopic (exact) mass is 292 g/mol. The van der Waals surface area contributed by atoms with Crippen molar-refractivity contribution in [3.8, 4) is 0 Å². The molecule has 3 N–H and O–H groups in total. The van der Waals surface area contributed by atoms with E-state index in [1.807, 2.05) is 26.0 Å². The molecule has 2 heterocycles. The second-order valence-electron chi connectivity index (χ2n) is 5.41. The molecule has 1 saturated heterocycles. The summed E-state index contributed by atoms with van der Waals surface area (Å²) in [5, 5.41) is 2.82. The molecule has 6 nitrogen and oxygen atoms in total. The lowest BCUT2D eigenvalue weighted by atomic mass is 9.99. The zero-order valence-corrected chi connectivity index (χ0v) is 12.7. The van der Waals surface area contributed by atoms with Gasteiger partial charge in [-0.25, -0.2) is 4.98 Å². The maximum atomic E-state index is 12.0. The SMILES string of the molecule is CCC(C)C(N)C(=O)Nc1ccc(N2CCOCC2)nc1. The summed E-state index contributed by atoms with van der Waals surface area (Å²) in [5.41, 5.74) is 6.59. The van der Waals surface area contributed by atoms with Crippen LogP contribution in [0.3, 0.4) is 0 Å². The first-order chi connectivity index (χ1) is 10.1. The molecule has 0 bridgehead atoms. The Morgan fingerprint density at radius 3 is 2.76 bits per heavy atom. The molecule has 1 amide bonds. The highest BCUT2D eigenvalue weighted by molar-refractivity contribution is 5.94. The van der Waals surface area contributed by atoms with Crippen molar-refractivity contribution in [2.45, 2.75) is 26.3 Å². The molecule has 1 fully saturated rings. The largest absolute Gasteiger partial charge is 0.378 e. The number of ether oxygens (including phenoxy) is 1. The molecule has 0 spiro atoms. The highest BCUT2D eigenvalue weighted by Gasteiger charge is 2.19. The molecule has 21 heavy (non-hydrogen) atoms. The molecule has 2 atom stereocenters. The number of anilines is 2. The lowest BCUT2D eigenvalue weighted by molar-refractivity contribution is -0.118. The molecule has 1 aromatic heterocycles. The van der Waals surface area contributed by atoms with Crippen LogP contribution in [0.4, 0.5) is 11.5 Å². The number of aromatic nitrogens is 1. The Kier molecular flexibility index (Phi) is 5.52. The van der Waals surface area contributed by atoms with Gasteiger partial charge in [0.2, 0.25) is 5.91 Å². The lowest BCUT2D eigenvalue weighted by Gasteiger charge is -2.27. The van der Waals surface area contributed by atoms with E-state index in [-0.39, 0.29) is 11.8 Å². The zero-order valence-electron chi connectivity index (χ0n) is 12.7. The number of nitrogens with two attached hydrogens (primary N) is 1. The summed E-state index contributed by atoms with van der Waals surface area (Å²) in [7, 11) is 0. The van der Waals surface area contributed by atoms with Gasteiger partial charge in [0.1, 0.15) is 5.82 Å². The van der Waals surface area contributed by atoms with Gasteiger partial charge in [-0.05, 0) is 18.1 Å². The molecule has 1 aliphatic heterocycles. The Morgan fingerprint density at radius 2 is 2.19 bits per heavy atom. The van der Waals surface area contributed by atoms with Crippen molar-refractivity contribution < 1.29 is 9.53 Å². The number of nitrogens with zero attached hydrogens (tertiary/aromatic N) is 2. The van der Waals surface area contributed by atoms with E-state index >= 15 is 0 Å². The summed E-state index contributed by atoms with van der Waals surface area (Å²) in [4.78, 5) is 18.6. The lowest BCUT2D eigenvalue weighted by Crippen LogP contribution is -2.40. The number of carbonyl (C=O) groups is 1.